The van der Waals surface area contributed by atoms with Crippen LogP contribution in [-0.4, -0.2) is 58.9 Å². The largest absolute Gasteiger partial charge is 0.497 e. The van der Waals surface area contributed by atoms with Gasteiger partial charge in [-0.1, -0.05) is 26.0 Å². The first-order valence-corrected chi connectivity index (χ1v) is 10.9. The fourth-order valence-corrected chi connectivity index (χ4v) is 3.82. The van der Waals surface area contributed by atoms with Crippen LogP contribution in [0, 0.1) is 5.92 Å². The van der Waals surface area contributed by atoms with Gasteiger partial charge in [-0.2, -0.15) is 4.37 Å². The number of aliphatic hydroxyl groups excluding tert-OH is 1. The Morgan fingerprint density at radius 3 is 2.41 bits per heavy atom. The van der Waals surface area contributed by atoms with E-state index in [9.17, 15) is 19.5 Å². The highest BCUT2D eigenvalue weighted by Gasteiger charge is 2.34. The molecule has 1 atom stereocenters. The van der Waals surface area contributed by atoms with Gasteiger partial charge in [-0.3, -0.25) is 14.4 Å². The first-order valence-electron chi connectivity index (χ1n) is 10.1. The van der Waals surface area contributed by atoms with Crippen LogP contribution in [0.2, 0.25) is 0 Å². The highest BCUT2D eigenvalue weighted by atomic mass is 32.1. The predicted molar refractivity (Wildman–Crippen MR) is 121 cm³/mol. The number of amides is 3. The lowest BCUT2D eigenvalue weighted by Crippen LogP contribution is -2.45. The predicted octanol–water partition coefficient (Wildman–Crippen LogP) is 1.17. The van der Waals surface area contributed by atoms with Gasteiger partial charge in [0.15, 0.2) is 5.69 Å². The lowest BCUT2D eigenvalue weighted by atomic mass is 10.0. The van der Waals surface area contributed by atoms with Crippen molar-refractivity contribution in [3.8, 4) is 5.75 Å². The Morgan fingerprint density at radius 2 is 1.91 bits per heavy atom. The summed E-state index contributed by atoms with van der Waals surface area (Å²) < 4.78 is 9.04. The number of nitrogen functional groups attached to an aromatic ring is 1. The Kier molecular flexibility index (Phi) is 8.97. The van der Waals surface area contributed by atoms with Gasteiger partial charge in [0.05, 0.1) is 19.4 Å². The van der Waals surface area contributed by atoms with Crippen LogP contribution in [0.3, 0.4) is 0 Å². The van der Waals surface area contributed by atoms with E-state index in [-0.39, 0.29) is 29.4 Å². The topological polar surface area (TPSA) is 161 Å². The van der Waals surface area contributed by atoms with Crippen molar-refractivity contribution in [3.05, 3.63) is 40.4 Å². The van der Waals surface area contributed by atoms with E-state index in [1.807, 2.05) is 13.8 Å². The van der Waals surface area contributed by atoms with Gasteiger partial charge in [0.25, 0.3) is 11.8 Å². The molecule has 0 fully saturated rings. The van der Waals surface area contributed by atoms with Crippen molar-refractivity contribution in [1.29, 1.82) is 0 Å². The van der Waals surface area contributed by atoms with E-state index in [2.05, 4.69) is 9.69 Å². The van der Waals surface area contributed by atoms with Crippen molar-refractivity contribution < 1.29 is 24.2 Å². The van der Waals surface area contributed by atoms with Crippen LogP contribution in [0.25, 0.3) is 0 Å². The average Bonchev–Trinajstić information content (AvgIpc) is 3.14. The van der Waals surface area contributed by atoms with Crippen LogP contribution < -0.4 is 21.5 Å². The first-order chi connectivity index (χ1) is 15.2. The molecule has 0 saturated carbocycles. The summed E-state index contributed by atoms with van der Waals surface area (Å²) in [6.45, 7) is 3.98. The fraction of sp³-hybridized carbons (Fsp3) is 0.429. The smallest absolute Gasteiger partial charge is 0.270 e. The summed E-state index contributed by atoms with van der Waals surface area (Å²) in [5.74, 6) is -0.929. The number of rotatable bonds is 11. The van der Waals surface area contributed by atoms with Crippen LogP contribution in [-0.2, 0) is 4.79 Å². The summed E-state index contributed by atoms with van der Waals surface area (Å²) in [6.07, 6.45) is 0.763. The van der Waals surface area contributed by atoms with Gasteiger partial charge < -0.3 is 31.5 Å². The molecule has 0 spiro atoms. The van der Waals surface area contributed by atoms with Gasteiger partial charge in [-0.15, -0.1) is 0 Å². The number of hydrogen-bond donors (Lipinski definition) is 4. The molecule has 0 saturated heterocycles. The van der Waals surface area contributed by atoms with Crippen molar-refractivity contribution in [2.75, 3.05) is 32.5 Å². The molecule has 0 radical (unpaired) electrons. The molecular formula is C21H29N5O5S. The van der Waals surface area contributed by atoms with E-state index in [4.69, 9.17) is 16.2 Å². The third kappa shape index (κ3) is 5.95. The Balaban J connectivity index is 2.46. The molecule has 3 amide bonds. The molecule has 2 rings (SSSR count). The number of carbonyl (C=O) groups is 3. The highest BCUT2D eigenvalue weighted by Crippen LogP contribution is 2.29. The zero-order valence-corrected chi connectivity index (χ0v) is 19.1. The number of hydrogen-bond acceptors (Lipinski definition) is 8. The Morgan fingerprint density at radius 1 is 1.25 bits per heavy atom. The number of nitrogens with one attached hydrogen (secondary N) is 1. The molecular weight excluding hydrogens is 434 g/mol. The van der Waals surface area contributed by atoms with Gasteiger partial charge in [-0.05, 0) is 41.6 Å². The number of nitrogens with zero attached hydrogens (tertiary/aromatic N) is 2. The summed E-state index contributed by atoms with van der Waals surface area (Å²) in [7, 11) is 1.52. The van der Waals surface area contributed by atoms with E-state index in [1.165, 1.54) is 12.0 Å². The SMILES string of the molecule is COc1ccc([C@H](C(=O)NCCC(C)C)N(CCO)C(=O)c2snc(C(N)=O)c2N)cc1. The molecule has 32 heavy (non-hydrogen) atoms. The lowest BCUT2D eigenvalue weighted by molar-refractivity contribution is -0.126. The normalized spacial score (nSPS) is 11.8. The highest BCUT2D eigenvalue weighted by molar-refractivity contribution is 7.09. The number of carbonyl (C=O) groups excluding carboxylic acids is 3. The average molecular weight is 464 g/mol. The Labute approximate surface area is 190 Å². The molecule has 174 valence electrons. The maximum Gasteiger partial charge on any atom is 0.270 e. The summed E-state index contributed by atoms with van der Waals surface area (Å²) in [4.78, 5) is 39.2. The third-order valence-electron chi connectivity index (χ3n) is 4.77. The van der Waals surface area contributed by atoms with Gasteiger partial charge in [0.2, 0.25) is 5.91 Å². The van der Waals surface area contributed by atoms with E-state index in [0.29, 0.717) is 23.8 Å². The van der Waals surface area contributed by atoms with Crippen LogP contribution >= 0.6 is 11.5 Å². The van der Waals surface area contributed by atoms with E-state index < -0.39 is 23.8 Å². The molecule has 0 bridgehead atoms. The second-order valence-electron chi connectivity index (χ2n) is 7.51. The van der Waals surface area contributed by atoms with Crippen molar-refractivity contribution in [2.45, 2.75) is 26.3 Å². The molecule has 0 unspecified atom stereocenters. The van der Waals surface area contributed by atoms with Crippen molar-refractivity contribution >= 4 is 34.9 Å². The minimum Gasteiger partial charge on any atom is -0.497 e. The van der Waals surface area contributed by atoms with Crippen LogP contribution in [0.5, 0.6) is 5.75 Å². The van der Waals surface area contributed by atoms with E-state index in [0.717, 1.165) is 18.0 Å². The molecule has 0 aliphatic carbocycles. The number of benzene rings is 1. The summed E-state index contributed by atoms with van der Waals surface area (Å²) in [6, 6.07) is 5.66. The van der Waals surface area contributed by atoms with Gasteiger partial charge in [-0.25, -0.2) is 0 Å². The monoisotopic (exact) mass is 463 g/mol. The molecule has 1 aromatic heterocycles. The summed E-state index contributed by atoms with van der Waals surface area (Å²) in [5.41, 5.74) is 11.3. The molecule has 0 aliphatic rings. The molecule has 2 aromatic rings. The lowest BCUT2D eigenvalue weighted by Gasteiger charge is -2.30. The zero-order valence-electron chi connectivity index (χ0n) is 18.3. The molecule has 0 aliphatic heterocycles. The minimum atomic E-state index is -1.05. The number of methoxy groups -OCH3 is 1. The second kappa shape index (κ2) is 11.4. The number of primary amides is 1. The maximum atomic E-state index is 13.4. The molecule has 1 heterocycles. The molecule has 1 aromatic carbocycles. The van der Waals surface area contributed by atoms with Gasteiger partial charge in [0.1, 0.15) is 16.7 Å². The molecule has 11 heteroatoms. The summed E-state index contributed by atoms with van der Waals surface area (Å²) in [5, 5.41) is 12.5. The molecule has 10 nitrogen and oxygen atoms in total. The number of aromatic nitrogens is 1. The zero-order chi connectivity index (χ0) is 23.8. The number of nitrogens with two attached hydrogens (primary N) is 2. The maximum absolute atomic E-state index is 13.4. The first kappa shape index (κ1) is 25.1. The Bertz CT molecular complexity index is 945. The van der Waals surface area contributed by atoms with Gasteiger partial charge >= 0.3 is 0 Å². The van der Waals surface area contributed by atoms with Crippen LogP contribution in [0.1, 0.15) is 52.0 Å². The van der Waals surface area contributed by atoms with Crippen LogP contribution in [0.15, 0.2) is 24.3 Å². The molecule has 6 N–H and O–H groups in total. The minimum absolute atomic E-state index is 0.0271. The quantitative estimate of drug-likeness (QED) is 0.389. The second-order valence-corrected chi connectivity index (χ2v) is 8.28. The van der Waals surface area contributed by atoms with E-state index in [1.54, 1.807) is 24.3 Å². The fourth-order valence-electron chi connectivity index (χ4n) is 3.05. The number of aliphatic hydroxyl groups is 1. The Hall–Kier alpha value is -3.18. The van der Waals surface area contributed by atoms with Crippen molar-refractivity contribution in [3.63, 3.8) is 0 Å². The van der Waals surface area contributed by atoms with Crippen LogP contribution in [0.4, 0.5) is 5.69 Å². The van der Waals surface area contributed by atoms with Crippen molar-refractivity contribution in [2.24, 2.45) is 11.7 Å². The number of ether oxygens (including phenoxy) is 1. The third-order valence-corrected chi connectivity index (χ3v) is 5.62. The van der Waals surface area contributed by atoms with Gasteiger partial charge in [0, 0.05) is 13.1 Å². The summed E-state index contributed by atoms with van der Waals surface area (Å²) >= 11 is 0.719. The standard InChI is InChI=1S/C21H29N5O5S/c1-12(2)8-9-24-20(29)17(13-4-6-14(31-3)7-5-13)26(10-11-27)21(30)18-15(22)16(19(23)28)25-32-18/h4-7,12,17,27H,8-11,22H2,1-3H3,(H2,23,28)(H,24,29)/t17-/m1/s1. The van der Waals surface area contributed by atoms with Crippen molar-refractivity contribution in [1.82, 2.24) is 14.6 Å². The van der Waals surface area contributed by atoms with E-state index >= 15 is 0 Å². The number of anilines is 1.